The van der Waals surface area contributed by atoms with Gasteiger partial charge < -0.3 is 24.1 Å². The van der Waals surface area contributed by atoms with Gasteiger partial charge in [0.25, 0.3) is 5.91 Å². The third-order valence-electron chi connectivity index (χ3n) is 3.85. The van der Waals surface area contributed by atoms with Crippen LogP contribution < -0.4 is 24.4 Å². The molecule has 8 nitrogen and oxygen atoms in total. The van der Waals surface area contributed by atoms with Crippen LogP contribution in [-0.4, -0.2) is 45.2 Å². The second-order valence-electron chi connectivity index (χ2n) is 5.44. The maximum Gasteiger partial charge on any atom is 0.271 e. The second-order valence-corrected chi connectivity index (χ2v) is 5.44. The van der Waals surface area contributed by atoms with E-state index in [0.29, 0.717) is 34.3 Å². The van der Waals surface area contributed by atoms with Gasteiger partial charge in [-0.2, -0.15) is 5.10 Å². The fourth-order valence-corrected chi connectivity index (χ4v) is 2.42. The van der Waals surface area contributed by atoms with Gasteiger partial charge in [0.15, 0.2) is 11.5 Å². The van der Waals surface area contributed by atoms with E-state index in [9.17, 15) is 9.90 Å². The van der Waals surface area contributed by atoms with Crippen molar-refractivity contribution < 1.29 is 28.8 Å². The van der Waals surface area contributed by atoms with E-state index in [1.165, 1.54) is 46.6 Å². The van der Waals surface area contributed by atoms with Crippen molar-refractivity contribution in [3.05, 3.63) is 41.5 Å². The Morgan fingerprint density at radius 3 is 2.07 bits per heavy atom. The first-order valence-corrected chi connectivity index (χ1v) is 7.97. The van der Waals surface area contributed by atoms with E-state index in [1.807, 2.05) is 0 Å². The minimum atomic E-state index is -0.471. The zero-order chi connectivity index (χ0) is 20.0. The molecule has 0 radical (unpaired) electrons. The standard InChI is InChI=1S/C19H22N2O6/c1-11(14-7-6-13(24-2)10-15(14)22)20-21-19(23)12-8-16(25-3)18(27-5)17(9-12)26-4/h6-10,22H,1-5H3,(H,21,23)/b20-11+. The van der Waals surface area contributed by atoms with Crippen molar-refractivity contribution in [1.29, 1.82) is 0 Å². The van der Waals surface area contributed by atoms with Crippen LogP contribution in [0.2, 0.25) is 0 Å². The summed E-state index contributed by atoms with van der Waals surface area (Å²) in [5, 5.41) is 14.1. The summed E-state index contributed by atoms with van der Waals surface area (Å²) < 4.78 is 20.8. The normalized spacial score (nSPS) is 10.9. The van der Waals surface area contributed by atoms with Crippen LogP contribution in [0, 0.1) is 0 Å². The zero-order valence-corrected chi connectivity index (χ0v) is 15.8. The molecule has 1 amide bonds. The summed E-state index contributed by atoms with van der Waals surface area (Å²) >= 11 is 0. The SMILES string of the molecule is COc1ccc(/C(C)=N/NC(=O)c2cc(OC)c(OC)c(OC)c2)c(O)c1. The molecule has 0 saturated heterocycles. The molecule has 0 spiro atoms. The number of rotatable bonds is 7. The van der Waals surface area contributed by atoms with Crippen LogP contribution in [0.4, 0.5) is 0 Å². The van der Waals surface area contributed by atoms with Crippen molar-refractivity contribution in [3.8, 4) is 28.7 Å². The molecule has 144 valence electrons. The van der Waals surface area contributed by atoms with Gasteiger partial charge in [-0.05, 0) is 31.2 Å². The van der Waals surface area contributed by atoms with E-state index in [1.54, 1.807) is 19.1 Å². The molecule has 0 aromatic heterocycles. The van der Waals surface area contributed by atoms with Gasteiger partial charge in [-0.1, -0.05) is 0 Å². The maximum absolute atomic E-state index is 12.4. The van der Waals surface area contributed by atoms with Crippen molar-refractivity contribution in [1.82, 2.24) is 5.43 Å². The molecule has 0 aliphatic rings. The van der Waals surface area contributed by atoms with Crippen LogP contribution in [0.15, 0.2) is 35.4 Å². The number of methoxy groups -OCH3 is 4. The van der Waals surface area contributed by atoms with Crippen molar-refractivity contribution in [3.63, 3.8) is 0 Å². The summed E-state index contributed by atoms with van der Waals surface area (Å²) in [6.45, 7) is 1.66. The average Bonchev–Trinajstić information content (AvgIpc) is 2.70. The van der Waals surface area contributed by atoms with Crippen LogP contribution in [0.3, 0.4) is 0 Å². The van der Waals surface area contributed by atoms with E-state index in [2.05, 4.69) is 10.5 Å². The summed E-state index contributed by atoms with van der Waals surface area (Å²) in [4.78, 5) is 12.4. The highest BCUT2D eigenvalue weighted by Crippen LogP contribution is 2.38. The van der Waals surface area contributed by atoms with E-state index in [-0.39, 0.29) is 11.3 Å². The van der Waals surface area contributed by atoms with Gasteiger partial charge in [0, 0.05) is 17.2 Å². The monoisotopic (exact) mass is 374 g/mol. The number of nitrogens with zero attached hydrogens (tertiary/aromatic N) is 1. The molecular weight excluding hydrogens is 352 g/mol. The molecule has 0 aliphatic carbocycles. The van der Waals surface area contributed by atoms with Gasteiger partial charge in [-0.15, -0.1) is 0 Å². The summed E-state index contributed by atoms with van der Waals surface area (Å²) in [5.74, 6) is 1.15. The van der Waals surface area contributed by atoms with Crippen LogP contribution in [0.1, 0.15) is 22.8 Å². The number of amides is 1. The smallest absolute Gasteiger partial charge is 0.271 e. The molecule has 27 heavy (non-hydrogen) atoms. The van der Waals surface area contributed by atoms with Crippen LogP contribution >= 0.6 is 0 Å². The van der Waals surface area contributed by atoms with E-state index in [0.717, 1.165) is 0 Å². The first kappa shape index (κ1) is 19.9. The minimum Gasteiger partial charge on any atom is -0.507 e. The van der Waals surface area contributed by atoms with Crippen LogP contribution in [-0.2, 0) is 0 Å². The Morgan fingerprint density at radius 2 is 1.59 bits per heavy atom. The summed E-state index contributed by atoms with van der Waals surface area (Å²) in [7, 11) is 5.92. The maximum atomic E-state index is 12.4. The topological polar surface area (TPSA) is 98.6 Å². The van der Waals surface area contributed by atoms with Gasteiger partial charge >= 0.3 is 0 Å². The number of ether oxygens (including phenoxy) is 4. The van der Waals surface area contributed by atoms with E-state index in [4.69, 9.17) is 18.9 Å². The van der Waals surface area contributed by atoms with Crippen molar-refractivity contribution >= 4 is 11.6 Å². The third kappa shape index (κ3) is 4.41. The Bertz CT molecular complexity index is 838. The minimum absolute atomic E-state index is 0.00219. The van der Waals surface area contributed by atoms with Crippen LogP contribution in [0.25, 0.3) is 0 Å². The van der Waals surface area contributed by atoms with E-state index >= 15 is 0 Å². The largest absolute Gasteiger partial charge is 0.507 e. The van der Waals surface area contributed by atoms with Gasteiger partial charge in [-0.3, -0.25) is 4.79 Å². The Morgan fingerprint density at radius 1 is 0.963 bits per heavy atom. The molecule has 0 saturated carbocycles. The zero-order valence-electron chi connectivity index (χ0n) is 15.8. The molecule has 0 fully saturated rings. The van der Waals surface area contributed by atoms with E-state index < -0.39 is 5.91 Å². The molecule has 0 aliphatic heterocycles. The van der Waals surface area contributed by atoms with Crippen molar-refractivity contribution in [2.24, 2.45) is 5.10 Å². The number of phenolic OH excluding ortho intramolecular Hbond substituents is 1. The lowest BCUT2D eigenvalue weighted by atomic mass is 10.1. The highest BCUT2D eigenvalue weighted by molar-refractivity contribution is 6.03. The Hall–Kier alpha value is -3.42. The summed E-state index contributed by atoms with van der Waals surface area (Å²) in [6, 6.07) is 7.85. The lowest BCUT2D eigenvalue weighted by Gasteiger charge is -2.13. The molecule has 0 atom stereocenters. The molecule has 2 rings (SSSR count). The number of phenols is 1. The summed E-state index contributed by atoms with van der Waals surface area (Å²) in [5.41, 5.74) is 3.63. The van der Waals surface area contributed by atoms with Crippen molar-refractivity contribution in [2.75, 3.05) is 28.4 Å². The predicted octanol–water partition coefficient (Wildman–Crippen LogP) is 2.58. The molecule has 2 aromatic carbocycles. The fraction of sp³-hybridized carbons (Fsp3) is 0.263. The fourth-order valence-electron chi connectivity index (χ4n) is 2.42. The summed E-state index contributed by atoms with van der Waals surface area (Å²) in [6.07, 6.45) is 0. The van der Waals surface area contributed by atoms with Gasteiger partial charge in [-0.25, -0.2) is 5.43 Å². The molecule has 8 heteroatoms. The lowest BCUT2D eigenvalue weighted by Crippen LogP contribution is -2.19. The number of hydrogen-bond acceptors (Lipinski definition) is 7. The van der Waals surface area contributed by atoms with Gasteiger partial charge in [0.05, 0.1) is 34.2 Å². The molecule has 2 N–H and O–H groups in total. The number of hydrazone groups is 1. The quantitative estimate of drug-likeness (QED) is 0.571. The molecule has 0 bridgehead atoms. The molecule has 0 unspecified atom stereocenters. The Balaban J connectivity index is 2.25. The highest BCUT2D eigenvalue weighted by atomic mass is 16.5. The van der Waals surface area contributed by atoms with Crippen LogP contribution in [0.5, 0.6) is 28.7 Å². The number of carbonyl (C=O) groups excluding carboxylic acids is 1. The Kier molecular flexibility index (Phi) is 6.48. The average molecular weight is 374 g/mol. The van der Waals surface area contributed by atoms with Crippen molar-refractivity contribution in [2.45, 2.75) is 6.92 Å². The first-order chi connectivity index (χ1) is 12.9. The number of aromatic hydroxyl groups is 1. The number of hydrogen-bond donors (Lipinski definition) is 2. The first-order valence-electron chi connectivity index (χ1n) is 7.97. The Labute approximate surface area is 157 Å². The van der Waals surface area contributed by atoms with Gasteiger partial charge in [0.1, 0.15) is 11.5 Å². The molecule has 0 heterocycles. The van der Waals surface area contributed by atoms with Gasteiger partial charge in [0.2, 0.25) is 5.75 Å². The second kappa shape index (κ2) is 8.79. The third-order valence-corrected chi connectivity index (χ3v) is 3.85. The number of benzene rings is 2. The lowest BCUT2D eigenvalue weighted by molar-refractivity contribution is 0.0954. The number of carbonyl (C=O) groups is 1. The number of nitrogens with one attached hydrogen (secondary N) is 1. The predicted molar refractivity (Wildman–Crippen MR) is 100 cm³/mol. The highest BCUT2D eigenvalue weighted by Gasteiger charge is 2.17. The molecular formula is C19H22N2O6. The molecule has 2 aromatic rings.